The SMILES string of the molecule is Cl[C@@H]1[C@H]2CCO[C@H]2C12CCCC2. The number of halogens is 1. The smallest absolute Gasteiger partial charge is 0.0688 e. The normalized spacial score (nSPS) is 49.2. The summed E-state index contributed by atoms with van der Waals surface area (Å²) < 4.78 is 5.78. The van der Waals surface area contributed by atoms with Crippen molar-refractivity contribution in [3.05, 3.63) is 0 Å². The molecule has 1 heterocycles. The molecule has 2 heteroatoms. The Kier molecular flexibility index (Phi) is 1.52. The second-order valence-electron chi connectivity index (χ2n) is 4.59. The van der Waals surface area contributed by atoms with Crippen molar-refractivity contribution in [1.29, 1.82) is 0 Å². The molecule has 3 aliphatic rings. The van der Waals surface area contributed by atoms with Crippen LogP contribution in [0.4, 0.5) is 0 Å². The molecule has 0 radical (unpaired) electrons. The molecule has 2 saturated carbocycles. The van der Waals surface area contributed by atoms with E-state index >= 15 is 0 Å². The molecule has 0 aromatic heterocycles. The predicted octanol–water partition coefficient (Wildman–Crippen LogP) is 2.57. The van der Waals surface area contributed by atoms with Crippen LogP contribution in [0.5, 0.6) is 0 Å². The summed E-state index contributed by atoms with van der Waals surface area (Å²) >= 11 is 6.43. The lowest BCUT2D eigenvalue weighted by Crippen LogP contribution is -2.59. The number of hydrogen-bond acceptors (Lipinski definition) is 1. The zero-order valence-corrected chi connectivity index (χ0v) is 8.02. The number of rotatable bonds is 0. The topological polar surface area (TPSA) is 9.23 Å². The van der Waals surface area contributed by atoms with Gasteiger partial charge < -0.3 is 4.74 Å². The molecule has 0 bridgehead atoms. The molecule has 3 rings (SSSR count). The van der Waals surface area contributed by atoms with Gasteiger partial charge in [-0.2, -0.15) is 0 Å². The first kappa shape index (κ1) is 7.64. The monoisotopic (exact) mass is 186 g/mol. The highest BCUT2D eigenvalue weighted by molar-refractivity contribution is 6.22. The van der Waals surface area contributed by atoms with Crippen molar-refractivity contribution < 1.29 is 4.74 Å². The van der Waals surface area contributed by atoms with Crippen LogP contribution < -0.4 is 0 Å². The highest BCUT2D eigenvalue weighted by Gasteiger charge is 2.64. The third kappa shape index (κ3) is 0.706. The van der Waals surface area contributed by atoms with Gasteiger partial charge in [0.25, 0.3) is 0 Å². The molecular formula is C10H15ClO. The number of hydrogen-bond donors (Lipinski definition) is 0. The van der Waals surface area contributed by atoms with Gasteiger partial charge in [-0.1, -0.05) is 12.8 Å². The molecule has 1 saturated heterocycles. The molecule has 3 fully saturated rings. The summed E-state index contributed by atoms with van der Waals surface area (Å²) in [7, 11) is 0. The first-order chi connectivity index (χ1) is 5.84. The van der Waals surface area contributed by atoms with Gasteiger partial charge in [-0.05, 0) is 19.3 Å². The molecule has 1 aliphatic heterocycles. The first-order valence-electron chi connectivity index (χ1n) is 5.10. The zero-order chi connectivity index (χ0) is 8.18. The van der Waals surface area contributed by atoms with Gasteiger partial charge >= 0.3 is 0 Å². The maximum absolute atomic E-state index is 6.43. The average molecular weight is 187 g/mol. The third-order valence-corrected chi connectivity index (χ3v) is 4.92. The van der Waals surface area contributed by atoms with E-state index in [1.54, 1.807) is 0 Å². The average Bonchev–Trinajstić information content (AvgIpc) is 2.72. The lowest BCUT2D eigenvalue weighted by atomic mass is 9.58. The molecule has 0 aromatic carbocycles. The Morgan fingerprint density at radius 1 is 1.25 bits per heavy atom. The minimum atomic E-state index is 0.419. The molecule has 0 unspecified atom stereocenters. The minimum absolute atomic E-state index is 0.419. The van der Waals surface area contributed by atoms with E-state index in [0.29, 0.717) is 22.8 Å². The van der Waals surface area contributed by atoms with Crippen LogP contribution in [-0.2, 0) is 4.74 Å². The maximum Gasteiger partial charge on any atom is 0.0688 e. The molecule has 0 amide bonds. The summed E-state index contributed by atoms with van der Waals surface area (Å²) in [4.78, 5) is 0. The minimum Gasteiger partial charge on any atom is -0.377 e. The van der Waals surface area contributed by atoms with Crippen LogP contribution >= 0.6 is 11.6 Å². The van der Waals surface area contributed by atoms with E-state index in [9.17, 15) is 0 Å². The van der Waals surface area contributed by atoms with E-state index in [1.165, 1.54) is 32.1 Å². The second kappa shape index (κ2) is 2.39. The van der Waals surface area contributed by atoms with Gasteiger partial charge in [0.05, 0.1) is 6.10 Å². The summed E-state index contributed by atoms with van der Waals surface area (Å²) in [5, 5.41) is 0.438. The highest BCUT2D eigenvalue weighted by Crippen LogP contribution is 2.62. The van der Waals surface area contributed by atoms with Crippen LogP contribution in [0.2, 0.25) is 0 Å². The molecular weight excluding hydrogens is 172 g/mol. The Bertz CT molecular complexity index is 198. The quantitative estimate of drug-likeness (QED) is 0.529. The van der Waals surface area contributed by atoms with Crippen LogP contribution in [0, 0.1) is 11.3 Å². The van der Waals surface area contributed by atoms with E-state index < -0.39 is 0 Å². The van der Waals surface area contributed by atoms with Crippen molar-refractivity contribution in [3.63, 3.8) is 0 Å². The second-order valence-corrected chi connectivity index (χ2v) is 5.06. The fourth-order valence-electron chi connectivity index (χ4n) is 3.56. The van der Waals surface area contributed by atoms with Crippen LogP contribution in [-0.4, -0.2) is 18.1 Å². The summed E-state index contributed by atoms with van der Waals surface area (Å²) in [6, 6.07) is 0. The molecule has 2 aliphatic carbocycles. The lowest BCUT2D eigenvalue weighted by molar-refractivity contribution is -0.0937. The molecule has 12 heavy (non-hydrogen) atoms. The Morgan fingerprint density at radius 3 is 2.75 bits per heavy atom. The Labute approximate surface area is 78.4 Å². The number of ether oxygens (including phenoxy) is 1. The van der Waals surface area contributed by atoms with Crippen molar-refractivity contribution in [2.75, 3.05) is 6.61 Å². The van der Waals surface area contributed by atoms with E-state index in [1.807, 2.05) is 0 Å². The van der Waals surface area contributed by atoms with Crippen molar-refractivity contribution in [3.8, 4) is 0 Å². The largest absolute Gasteiger partial charge is 0.377 e. The fraction of sp³-hybridized carbons (Fsp3) is 1.00. The Hall–Kier alpha value is 0.250. The molecule has 1 nitrogen and oxygen atoms in total. The van der Waals surface area contributed by atoms with Crippen molar-refractivity contribution in [2.45, 2.75) is 43.6 Å². The Balaban J connectivity index is 1.87. The molecule has 3 atom stereocenters. The predicted molar refractivity (Wildman–Crippen MR) is 48.4 cm³/mol. The standard InChI is InChI=1S/C10H15ClO/c11-8-7-3-6-12-9(7)10(8)4-1-2-5-10/h7-9H,1-6H2/t7-,8-,9-/m1/s1. The Morgan fingerprint density at radius 2 is 2.00 bits per heavy atom. The van der Waals surface area contributed by atoms with Crippen molar-refractivity contribution in [1.82, 2.24) is 0 Å². The van der Waals surface area contributed by atoms with E-state index in [4.69, 9.17) is 16.3 Å². The summed E-state index contributed by atoms with van der Waals surface area (Å²) in [5.74, 6) is 0.699. The highest BCUT2D eigenvalue weighted by atomic mass is 35.5. The summed E-state index contributed by atoms with van der Waals surface area (Å²) in [6.45, 7) is 0.959. The van der Waals surface area contributed by atoms with Gasteiger partial charge in [-0.15, -0.1) is 11.6 Å². The number of fused-ring (bicyclic) bond motifs is 2. The van der Waals surface area contributed by atoms with Gasteiger partial charge in [0.2, 0.25) is 0 Å². The van der Waals surface area contributed by atoms with Crippen LogP contribution in [0.15, 0.2) is 0 Å². The van der Waals surface area contributed by atoms with Gasteiger partial charge in [0.1, 0.15) is 0 Å². The molecule has 0 aromatic rings. The third-order valence-electron chi connectivity index (χ3n) is 4.16. The van der Waals surface area contributed by atoms with E-state index in [-0.39, 0.29) is 0 Å². The van der Waals surface area contributed by atoms with E-state index in [0.717, 1.165) is 6.61 Å². The fourth-order valence-corrected chi connectivity index (χ4v) is 4.16. The number of alkyl halides is 1. The summed E-state index contributed by atoms with van der Waals surface area (Å²) in [5.41, 5.74) is 0.419. The molecule has 68 valence electrons. The van der Waals surface area contributed by atoms with Crippen LogP contribution in [0.1, 0.15) is 32.1 Å². The van der Waals surface area contributed by atoms with Gasteiger partial charge in [-0.25, -0.2) is 0 Å². The van der Waals surface area contributed by atoms with Crippen LogP contribution in [0.25, 0.3) is 0 Å². The van der Waals surface area contributed by atoms with E-state index in [2.05, 4.69) is 0 Å². The summed E-state index contributed by atoms with van der Waals surface area (Å²) in [6.07, 6.45) is 7.14. The van der Waals surface area contributed by atoms with Crippen molar-refractivity contribution >= 4 is 11.6 Å². The van der Waals surface area contributed by atoms with Gasteiger partial charge in [0, 0.05) is 23.3 Å². The molecule has 0 N–H and O–H groups in total. The van der Waals surface area contributed by atoms with Crippen LogP contribution in [0.3, 0.4) is 0 Å². The maximum atomic E-state index is 6.43. The zero-order valence-electron chi connectivity index (χ0n) is 7.26. The molecule has 1 spiro atoms. The van der Waals surface area contributed by atoms with Gasteiger partial charge in [-0.3, -0.25) is 0 Å². The lowest BCUT2D eigenvalue weighted by Gasteiger charge is -2.53. The van der Waals surface area contributed by atoms with Crippen molar-refractivity contribution in [2.24, 2.45) is 11.3 Å². The first-order valence-corrected chi connectivity index (χ1v) is 5.54. The van der Waals surface area contributed by atoms with Gasteiger partial charge in [0.15, 0.2) is 0 Å².